The van der Waals surface area contributed by atoms with E-state index >= 15 is 0 Å². The van der Waals surface area contributed by atoms with Crippen LogP contribution in [0.5, 0.6) is 0 Å². The molecule has 1 aliphatic rings. The van der Waals surface area contributed by atoms with E-state index in [1.807, 2.05) is 0 Å². The third-order valence-electron chi connectivity index (χ3n) is 4.36. The molecule has 0 saturated carbocycles. The second kappa shape index (κ2) is 8.43. The quantitative estimate of drug-likeness (QED) is 0.810. The summed E-state index contributed by atoms with van der Waals surface area (Å²) >= 11 is 0. The molecule has 1 atom stereocenters. The number of nitrogens with zero attached hydrogens (tertiary/aromatic N) is 1. The first-order chi connectivity index (χ1) is 9.83. The lowest BCUT2D eigenvalue weighted by Gasteiger charge is -2.35. The third-order valence-corrected chi connectivity index (χ3v) is 4.36. The largest absolute Gasteiger partial charge is 0.313 e. The Kier molecular flexibility index (Phi) is 6.55. The minimum Gasteiger partial charge on any atom is -0.313 e. The zero-order valence-electron chi connectivity index (χ0n) is 13.2. The second-order valence-electron chi connectivity index (χ2n) is 6.01. The van der Waals surface area contributed by atoms with Crippen LogP contribution in [0.3, 0.4) is 0 Å². The molecule has 0 radical (unpaired) electrons. The van der Waals surface area contributed by atoms with E-state index in [2.05, 4.69) is 48.3 Å². The minimum atomic E-state index is 0.815. The van der Waals surface area contributed by atoms with Gasteiger partial charge < -0.3 is 5.32 Å². The monoisotopic (exact) mass is 274 g/mol. The summed E-state index contributed by atoms with van der Waals surface area (Å²) in [5, 5.41) is 3.38. The molecule has 1 aromatic rings. The van der Waals surface area contributed by atoms with Crippen LogP contribution in [0.25, 0.3) is 0 Å². The zero-order chi connectivity index (χ0) is 14.2. The summed E-state index contributed by atoms with van der Waals surface area (Å²) in [5.74, 6) is 0. The maximum atomic E-state index is 3.38. The highest BCUT2D eigenvalue weighted by Crippen LogP contribution is 2.23. The molecule has 1 aliphatic heterocycles. The maximum Gasteiger partial charge on any atom is 0.0236 e. The molecule has 112 valence electrons. The van der Waals surface area contributed by atoms with Gasteiger partial charge in [-0.3, -0.25) is 4.90 Å². The van der Waals surface area contributed by atoms with Crippen LogP contribution in [-0.2, 0) is 13.1 Å². The fraction of sp³-hybridized carbons (Fsp3) is 0.667. The van der Waals surface area contributed by atoms with Crippen LogP contribution in [0.2, 0.25) is 0 Å². The summed E-state index contributed by atoms with van der Waals surface area (Å²) in [6.07, 6.45) is 6.86. The van der Waals surface area contributed by atoms with Crippen molar-refractivity contribution in [3.8, 4) is 0 Å². The van der Waals surface area contributed by atoms with Crippen molar-refractivity contribution < 1.29 is 0 Å². The Morgan fingerprint density at radius 2 is 1.85 bits per heavy atom. The van der Waals surface area contributed by atoms with Gasteiger partial charge in [-0.05, 0) is 43.5 Å². The van der Waals surface area contributed by atoms with Crippen LogP contribution in [0.15, 0.2) is 24.3 Å². The van der Waals surface area contributed by atoms with E-state index < -0.39 is 0 Å². The van der Waals surface area contributed by atoms with E-state index in [0.29, 0.717) is 0 Å². The Labute approximate surface area is 124 Å². The van der Waals surface area contributed by atoms with Gasteiger partial charge in [0.05, 0.1) is 0 Å². The summed E-state index contributed by atoms with van der Waals surface area (Å²) in [6, 6.07) is 9.98. The van der Waals surface area contributed by atoms with E-state index in [1.165, 1.54) is 49.8 Å². The van der Waals surface area contributed by atoms with Crippen molar-refractivity contribution in [1.82, 2.24) is 10.2 Å². The van der Waals surface area contributed by atoms with Gasteiger partial charge in [-0.1, -0.05) is 51.0 Å². The first-order valence-electron chi connectivity index (χ1n) is 8.36. The van der Waals surface area contributed by atoms with Gasteiger partial charge >= 0.3 is 0 Å². The SMILES string of the molecule is CCCC1CCCCN1Cc1ccc(CNCC)cc1. The molecule has 1 saturated heterocycles. The molecule has 1 unspecified atom stereocenters. The molecule has 0 bridgehead atoms. The lowest BCUT2D eigenvalue weighted by molar-refractivity contribution is 0.131. The molecule has 2 rings (SSSR count). The van der Waals surface area contributed by atoms with Gasteiger partial charge in [0.15, 0.2) is 0 Å². The summed E-state index contributed by atoms with van der Waals surface area (Å²) in [7, 11) is 0. The van der Waals surface area contributed by atoms with Crippen LogP contribution < -0.4 is 5.32 Å². The molecule has 1 aromatic carbocycles. The van der Waals surface area contributed by atoms with Gasteiger partial charge in [-0.25, -0.2) is 0 Å². The smallest absolute Gasteiger partial charge is 0.0236 e. The maximum absolute atomic E-state index is 3.38. The number of rotatable bonds is 7. The summed E-state index contributed by atoms with van der Waals surface area (Å²) in [5.41, 5.74) is 2.85. The van der Waals surface area contributed by atoms with Crippen LogP contribution in [-0.4, -0.2) is 24.0 Å². The van der Waals surface area contributed by atoms with Gasteiger partial charge in [0.25, 0.3) is 0 Å². The molecule has 2 heteroatoms. The molecule has 1 N–H and O–H groups in total. The van der Waals surface area contributed by atoms with Crippen molar-refractivity contribution in [2.24, 2.45) is 0 Å². The van der Waals surface area contributed by atoms with Crippen molar-refractivity contribution in [1.29, 1.82) is 0 Å². The number of likely N-dealkylation sites (tertiary alicyclic amines) is 1. The predicted octanol–water partition coefficient (Wildman–Crippen LogP) is 3.95. The van der Waals surface area contributed by atoms with Gasteiger partial charge in [-0.2, -0.15) is 0 Å². The van der Waals surface area contributed by atoms with Gasteiger partial charge in [0, 0.05) is 19.1 Å². The van der Waals surface area contributed by atoms with E-state index in [0.717, 1.165) is 25.7 Å². The van der Waals surface area contributed by atoms with Crippen LogP contribution in [0.1, 0.15) is 57.1 Å². The Morgan fingerprint density at radius 1 is 1.10 bits per heavy atom. The number of hydrogen-bond donors (Lipinski definition) is 1. The normalized spacial score (nSPS) is 20.2. The number of benzene rings is 1. The van der Waals surface area contributed by atoms with Gasteiger partial charge in [0.2, 0.25) is 0 Å². The van der Waals surface area contributed by atoms with Crippen molar-refractivity contribution in [3.05, 3.63) is 35.4 Å². The summed E-state index contributed by atoms with van der Waals surface area (Å²) < 4.78 is 0. The zero-order valence-corrected chi connectivity index (χ0v) is 13.2. The van der Waals surface area contributed by atoms with Crippen LogP contribution in [0, 0.1) is 0 Å². The van der Waals surface area contributed by atoms with Crippen molar-refractivity contribution >= 4 is 0 Å². The average Bonchev–Trinajstić information content (AvgIpc) is 2.49. The van der Waals surface area contributed by atoms with E-state index in [-0.39, 0.29) is 0 Å². The first kappa shape index (κ1) is 15.5. The molecule has 0 aromatic heterocycles. The molecule has 0 amide bonds. The van der Waals surface area contributed by atoms with Crippen molar-refractivity contribution in [2.45, 2.75) is 65.1 Å². The lowest BCUT2D eigenvalue weighted by Crippen LogP contribution is -2.38. The highest BCUT2D eigenvalue weighted by molar-refractivity contribution is 5.22. The van der Waals surface area contributed by atoms with Crippen molar-refractivity contribution in [2.75, 3.05) is 13.1 Å². The highest BCUT2D eigenvalue weighted by Gasteiger charge is 2.21. The fourth-order valence-corrected chi connectivity index (χ4v) is 3.19. The summed E-state index contributed by atoms with van der Waals surface area (Å²) in [6.45, 7) is 8.89. The minimum absolute atomic E-state index is 0.815. The molecule has 20 heavy (non-hydrogen) atoms. The van der Waals surface area contributed by atoms with E-state index in [1.54, 1.807) is 0 Å². The fourth-order valence-electron chi connectivity index (χ4n) is 3.19. The number of nitrogens with one attached hydrogen (secondary N) is 1. The molecule has 1 heterocycles. The third kappa shape index (κ3) is 4.60. The Balaban J connectivity index is 1.90. The van der Waals surface area contributed by atoms with E-state index in [4.69, 9.17) is 0 Å². The molecular formula is C18H30N2. The number of piperidine rings is 1. The second-order valence-corrected chi connectivity index (χ2v) is 6.01. The predicted molar refractivity (Wildman–Crippen MR) is 86.8 cm³/mol. The molecular weight excluding hydrogens is 244 g/mol. The molecule has 0 aliphatic carbocycles. The van der Waals surface area contributed by atoms with Crippen LogP contribution >= 0.6 is 0 Å². The molecule has 1 fully saturated rings. The number of hydrogen-bond acceptors (Lipinski definition) is 2. The molecule has 2 nitrogen and oxygen atoms in total. The Morgan fingerprint density at radius 3 is 2.55 bits per heavy atom. The Hall–Kier alpha value is -0.860. The summed E-state index contributed by atoms with van der Waals surface area (Å²) in [4.78, 5) is 2.70. The average molecular weight is 274 g/mol. The topological polar surface area (TPSA) is 15.3 Å². The standard InChI is InChI=1S/C18H30N2/c1-3-7-18-8-5-6-13-20(18)15-17-11-9-16(10-12-17)14-19-4-2/h9-12,18-19H,3-8,13-15H2,1-2H3. The van der Waals surface area contributed by atoms with Crippen LogP contribution in [0.4, 0.5) is 0 Å². The lowest BCUT2D eigenvalue weighted by atomic mass is 9.97. The molecule has 0 spiro atoms. The van der Waals surface area contributed by atoms with Gasteiger partial charge in [-0.15, -0.1) is 0 Å². The van der Waals surface area contributed by atoms with Gasteiger partial charge in [0.1, 0.15) is 0 Å². The van der Waals surface area contributed by atoms with E-state index in [9.17, 15) is 0 Å². The first-order valence-corrected chi connectivity index (χ1v) is 8.36. The highest BCUT2D eigenvalue weighted by atomic mass is 15.2. The Bertz CT molecular complexity index is 370. The van der Waals surface area contributed by atoms with Crippen molar-refractivity contribution in [3.63, 3.8) is 0 Å².